The van der Waals surface area contributed by atoms with Gasteiger partial charge in [0, 0.05) is 36.8 Å². The summed E-state index contributed by atoms with van der Waals surface area (Å²) >= 11 is 0. The summed E-state index contributed by atoms with van der Waals surface area (Å²) in [5.41, 5.74) is 5.13. The van der Waals surface area contributed by atoms with E-state index in [1.54, 1.807) is 0 Å². The molecule has 1 heterocycles. The second-order valence-corrected chi connectivity index (χ2v) is 9.58. The van der Waals surface area contributed by atoms with Crippen LogP contribution in [0, 0.1) is 6.08 Å². The first-order valence-electron chi connectivity index (χ1n) is 10.0. The highest BCUT2D eigenvalue weighted by Crippen LogP contribution is 2.35. The summed E-state index contributed by atoms with van der Waals surface area (Å²) in [6.45, 7) is 7.36. The van der Waals surface area contributed by atoms with Crippen LogP contribution in [0.2, 0.25) is 0 Å². The molecule has 1 aliphatic heterocycles. The van der Waals surface area contributed by atoms with Gasteiger partial charge in [0.1, 0.15) is 0 Å². The predicted molar refractivity (Wildman–Crippen MR) is 118 cm³/mol. The maximum atomic E-state index is 3.98. The topological polar surface area (TPSA) is 3.24 Å². The Hall–Kier alpha value is -1.84. The summed E-state index contributed by atoms with van der Waals surface area (Å²) in [6.07, 6.45) is 11.1. The third kappa shape index (κ3) is 6.67. The van der Waals surface area contributed by atoms with Crippen molar-refractivity contribution in [2.75, 3.05) is 66.8 Å². The summed E-state index contributed by atoms with van der Waals surface area (Å²) in [4.78, 5) is 2.39. The zero-order chi connectivity index (χ0) is 20.1. The fraction of sp³-hybridized carbons (Fsp3) is 0.500. The van der Waals surface area contributed by atoms with Gasteiger partial charge in [-0.3, -0.25) is 0 Å². The average molecular weight is 369 g/mol. The number of benzene rings is 1. The van der Waals surface area contributed by atoms with Crippen molar-refractivity contribution in [3.8, 4) is 0 Å². The number of hydrogen-bond donors (Lipinski definition) is 0. The molecule has 3 nitrogen and oxygen atoms in total. The summed E-state index contributed by atoms with van der Waals surface area (Å²) in [5, 5.41) is 0. The fourth-order valence-electron chi connectivity index (χ4n) is 3.51. The molecule has 1 aromatic carbocycles. The first-order chi connectivity index (χ1) is 12.6. The molecule has 0 fully saturated rings. The zero-order valence-corrected chi connectivity index (χ0v) is 18.3. The van der Waals surface area contributed by atoms with Crippen LogP contribution >= 0.6 is 0 Å². The smallest absolute Gasteiger partial charge is 0.0797 e. The van der Waals surface area contributed by atoms with Crippen molar-refractivity contribution in [1.82, 2.24) is 0 Å². The van der Waals surface area contributed by atoms with E-state index in [0.717, 1.165) is 34.9 Å². The highest BCUT2D eigenvalue weighted by atomic mass is 15.3. The summed E-state index contributed by atoms with van der Waals surface area (Å²) < 4.78 is 2.00. The van der Waals surface area contributed by atoms with Crippen LogP contribution < -0.4 is 4.90 Å². The van der Waals surface area contributed by atoms with E-state index in [9.17, 15) is 0 Å². The molecule has 0 aromatic heterocycles. The van der Waals surface area contributed by atoms with Gasteiger partial charge in [0.25, 0.3) is 0 Å². The molecule has 3 heteroatoms. The molecule has 0 saturated heterocycles. The Morgan fingerprint density at radius 1 is 0.963 bits per heavy atom. The molecule has 1 aromatic rings. The van der Waals surface area contributed by atoms with Gasteiger partial charge in [-0.25, -0.2) is 0 Å². The minimum atomic E-state index is 0.992. The maximum Gasteiger partial charge on any atom is 0.0797 e. The largest absolute Gasteiger partial charge is 0.347 e. The van der Waals surface area contributed by atoms with Crippen LogP contribution in [0.15, 0.2) is 48.7 Å². The number of hydrogen-bond acceptors (Lipinski definition) is 1. The molecule has 0 N–H and O–H groups in total. The molecule has 1 aliphatic rings. The van der Waals surface area contributed by atoms with E-state index >= 15 is 0 Å². The van der Waals surface area contributed by atoms with Gasteiger partial charge in [0.05, 0.1) is 55.4 Å². The Bertz CT molecular complexity index is 699. The summed E-state index contributed by atoms with van der Waals surface area (Å²) in [7, 11) is 13.5. The Labute approximate surface area is 167 Å². The second-order valence-electron chi connectivity index (χ2n) is 9.58. The molecule has 0 atom stereocenters. The molecular weight excluding hydrogens is 330 g/mol. The fourth-order valence-corrected chi connectivity index (χ4v) is 3.51. The van der Waals surface area contributed by atoms with Gasteiger partial charge in [-0.05, 0) is 35.8 Å². The first kappa shape index (κ1) is 21.5. The van der Waals surface area contributed by atoms with Gasteiger partial charge >= 0.3 is 0 Å². The molecule has 0 spiro atoms. The van der Waals surface area contributed by atoms with Crippen molar-refractivity contribution < 1.29 is 8.97 Å². The third-order valence-corrected chi connectivity index (χ3v) is 4.95. The number of anilines is 1. The quantitative estimate of drug-likeness (QED) is 0.586. The lowest BCUT2D eigenvalue weighted by atomic mass is 9.93. The molecule has 2 rings (SSSR count). The van der Waals surface area contributed by atoms with E-state index in [2.05, 4.69) is 96.4 Å². The molecule has 1 radical (unpaired) electrons. The molecule has 27 heavy (non-hydrogen) atoms. The lowest BCUT2D eigenvalue weighted by molar-refractivity contribution is -0.870. The van der Waals surface area contributed by atoms with Gasteiger partial charge in [-0.1, -0.05) is 24.8 Å². The number of para-hydroxylation sites is 1. The van der Waals surface area contributed by atoms with E-state index in [4.69, 9.17) is 0 Å². The highest BCUT2D eigenvalue weighted by Gasteiger charge is 2.19. The second kappa shape index (κ2) is 8.90. The van der Waals surface area contributed by atoms with Crippen molar-refractivity contribution in [1.29, 1.82) is 0 Å². The molecule has 0 unspecified atom stereocenters. The SMILES string of the molecule is C=[C]C(CCC[N+](C)(C)C)=C1C=CN(CCC[N+](C)(C)C)c2ccccc21. The van der Waals surface area contributed by atoms with Crippen molar-refractivity contribution >= 4 is 11.3 Å². The average Bonchev–Trinajstić information content (AvgIpc) is 2.57. The monoisotopic (exact) mass is 368 g/mol. The molecule has 0 bridgehead atoms. The Morgan fingerprint density at radius 2 is 1.59 bits per heavy atom. The van der Waals surface area contributed by atoms with Crippen LogP contribution in [0.3, 0.4) is 0 Å². The Kier molecular flexibility index (Phi) is 7.07. The Balaban J connectivity index is 2.20. The number of allylic oxidation sites excluding steroid dienone is 4. The van der Waals surface area contributed by atoms with Crippen LogP contribution in [-0.4, -0.2) is 70.9 Å². The first-order valence-corrected chi connectivity index (χ1v) is 10.0. The van der Waals surface area contributed by atoms with E-state index in [1.807, 2.05) is 0 Å². The molecule has 147 valence electrons. The van der Waals surface area contributed by atoms with E-state index in [1.165, 1.54) is 35.4 Å². The van der Waals surface area contributed by atoms with E-state index in [-0.39, 0.29) is 0 Å². The molecule has 0 amide bonds. The third-order valence-electron chi connectivity index (χ3n) is 4.95. The summed E-state index contributed by atoms with van der Waals surface area (Å²) in [6, 6.07) is 8.74. The molecule has 0 aliphatic carbocycles. The minimum Gasteiger partial charge on any atom is -0.347 e. The lowest BCUT2D eigenvalue weighted by Crippen LogP contribution is -2.37. The number of quaternary nitrogens is 2. The van der Waals surface area contributed by atoms with Crippen molar-refractivity contribution in [3.63, 3.8) is 0 Å². The molecular formula is C24H38N3+2. The number of fused-ring (bicyclic) bond motifs is 1. The lowest BCUT2D eigenvalue weighted by Gasteiger charge is -2.30. The highest BCUT2D eigenvalue weighted by molar-refractivity contribution is 5.88. The van der Waals surface area contributed by atoms with Gasteiger partial charge in [-0.15, -0.1) is 0 Å². The van der Waals surface area contributed by atoms with Crippen LogP contribution in [0.4, 0.5) is 5.69 Å². The minimum absolute atomic E-state index is 0.992. The van der Waals surface area contributed by atoms with Crippen molar-refractivity contribution in [2.24, 2.45) is 0 Å². The van der Waals surface area contributed by atoms with Crippen LogP contribution in [0.25, 0.3) is 5.57 Å². The summed E-state index contributed by atoms with van der Waals surface area (Å²) in [5.74, 6) is 0. The standard InChI is InChI=1S/C24H38N3/c1-8-21(13-11-19-26(2,3)4)22-16-18-25(17-12-20-27(5,6)7)24-15-10-9-14-23(22)24/h9-10,14-16,18H,1,11-13,17,19-20H2,2-7H3/q+2. The predicted octanol–water partition coefficient (Wildman–Crippen LogP) is 4.35. The Morgan fingerprint density at radius 3 is 2.22 bits per heavy atom. The van der Waals surface area contributed by atoms with Gasteiger partial charge in [-0.2, -0.15) is 0 Å². The van der Waals surface area contributed by atoms with Crippen LogP contribution in [-0.2, 0) is 0 Å². The van der Waals surface area contributed by atoms with Crippen LogP contribution in [0.5, 0.6) is 0 Å². The van der Waals surface area contributed by atoms with Crippen molar-refractivity contribution in [2.45, 2.75) is 19.3 Å². The maximum absolute atomic E-state index is 3.98. The molecule has 0 saturated carbocycles. The van der Waals surface area contributed by atoms with Gasteiger partial charge < -0.3 is 13.9 Å². The van der Waals surface area contributed by atoms with Crippen LogP contribution in [0.1, 0.15) is 24.8 Å². The van der Waals surface area contributed by atoms with Crippen molar-refractivity contribution in [3.05, 3.63) is 60.3 Å². The van der Waals surface area contributed by atoms with E-state index in [0.29, 0.717) is 0 Å². The number of nitrogens with zero attached hydrogens (tertiary/aromatic N) is 3. The normalized spacial score (nSPS) is 16.3. The van der Waals surface area contributed by atoms with Gasteiger partial charge in [0.15, 0.2) is 0 Å². The number of rotatable bonds is 9. The zero-order valence-electron chi connectivity index (χ0n) is 18.3. The van der Waals surface area contributed by atoms with E-state index < -0.39 is 0 Å². The van der Waals surface area contributed by atoms with Gasteiger partial charge in [0.2, 0.25) is 0 Å².